The van der Waals surface area contributed by atoms with E-state index < -0.39 is 0 Å². The molecule has 1 atom stereocenters. The van der Waals surface area contributed by atoms with Crippen molar-refractivity contribution < 1.29 is 9.59 Å². The van der Waals surface area contributed by atoms with Crippen molar-refractivity contribution in [2.45, 2.75) is 19.0 Å². The average molecular weight is 169 g/mol. The molecule has 12 heavy (non-hydrogen) atoms. The number of amides is 3. The normalized spacial score (nSPS) is 30.4. The molecule has 3 amide bonds. The van der Waals surface area contributed by atoms with E-state index in [-0.39, 0.29) is 24.0 Å². The van der Waals surface area contributed by atoms with Gasteiger partial charge in [-0.3, -0.25) is 9.69 Å². The predicted octanol–water partition coefficient (Wildman–Crippen LogP) is -1.10. The van der Waals surface area contributed by atoms with Crippen LogP contribution in [-0.4, -0.2) is 42.0 Å². The van der Waals surface area contributed by atoms with Gasteiger partial charge in [0.2, 0.25) is 0 Å². The van der Waals surface area contributed by atoms with Gasteiger partial charge >= 0.3 is 6.03 Å². The molecular weight excluding hydrogens is 158 g/mol. The maximum Gasteiger partial charge on any atom is 0.325 e. The molecule has 2 rings (SSSR count). The van der Waals surface area contributed by atoms with Gasteiger partial charge in [0.05, 0.1) is 6.04 Å². The number of carbonyl (C=O) groups is 2. The van der Waals surface area contributed by atoms with Crippen LogP contribution in [0.5, 0.6) is 0 Å². The number of imide groups is 1. The maximum absolute atomic E-state index is 11.4. The second-order valence-electron chi connectivity index (χ2n) is 3.19. The van der Waals surface area contributed by atoms with Crippen LogP contribution in [0.2, 0.25) is 0 Å². The number of hydrogen-bond donors (Lipinski definition) is 2. The number of carbonyl (C=O) groups excluding carboxylic acids is 2. The molecule has 5 heteroatoms. The summed E-state index contributed by atoms with van der Waals surface area (Å²) in [6.07, 6.45) is 0. The van der Waals surface area contributed by atoms with Crippen LogP contribution in [0.25, 0.3) is 0 Å². The molecule has 2 fully saturated rings. The number of urea groups is 1. The molecule has 2 N–H and O–H groups in total. The van der Waals surface area contributed by atoms with E-state index in [1.807, 2.05) is 0 Å². The fourth-order valence-electron chi connectivity index (χ4n) is 1.43. The summed E-state index contributed by atoms with van der Waals surface area (Å²) in [6.45, 7) is 3.16. The first-order valence-electron chi connectivity index (χ1n) is 4.04. The van der Waals surface area contributed by atoms with Gasteiger partial charge in [0.15, 0.2) is 0 Å². The van der Waals surface area contributed by atoms with Gasteiger partial charge < -0.3 is 10.6 Å². The minimum Gasteiger partial charge on any atom is -0.326 e. The molecular formula is C7H11N3O2. The van der Waals surface area contributed by atoms with Crippen molar-refractivity contribution in [3.05, 3.63) is 0 Å². The van der Waals surface area contributed by atoms with Gasteiger partial charge in [-0.25, -0.2) is 4.79 Å². The van der Waals surface area contributed by atoms with Crippen LogP contribution in [0, 0.1) is 0 Å². The van der Waals surface area contributed by atoms with Crippen molar-refractivity contribution in [3.8, 4) is 0 Å². The van der Waals surface area contributed by atoms with Crippen molar-refractivity contribution in [3.63, 3.8) is 0 Å². The molecule has 2 heterocycles. The van der Waals surface area contributed by atoms with Crippen LogP contribution in [-0.2, 0) is 4.79 Å². The summed E-state index contributed by atoms with van der Waals surface area (Å²) < 4.78 is 0. The molecule has 66 valence electrons. The minimum atomic E-state index is -0.349. The van der Waals surface area contributed by atoms with Crippen molar-refractivity contribution in [2.24, 2.45) is 0 Å². The van der Waals surface area contributed by atoms with Gasteiger partial charge in [-0.15, -0.1) is 0 Å². The van der Waals surface area contributed by atoms with Crippen molar-refractivity contribution in [1.82, 2.24) is 15.5 Å². The molecule has 0 aromatic heterocycles. The number of nitrogens with one attached hydrogen (secondary N) is 2. The van der Waals surface area contributed by atoms with Gasteiger partial charge in [-0.2, -0.15) is 0 Å². The Kier molecular flexibility index (Phi) is 1.54. The second kappa shape index (κ2) is 2.45. The Morgan fingerprint density at radius 2 is 2.08 bits per heavy atom. The van der Waals surface area contributed by atoms with Gasteiger partial charge in [0.1, 0.15) is 6.04 Å². The van der Waals surface area contributed by atoms with E-state index in [4.69, 9.17) is 0 Å². The molecule has 2 saturated heterocycles. The highest BCUT2D eigenvalue weighted by atomic mass is 16.2. The Labute approximate surface area is 70.1 Å². The van der Waals surface area contributed by atoms with E-state index >= 15 is 0 Å². The molecule has 5 nitrogen and oxygen atoms in total. The zero-order valence-corrected chi connectivity index (χ0v) is 6.83. The Balaban J connectivity index is 2.12. The molecule has 0 saturated carbocycles. The summed E-state index contributed by atoms with van der Waals surface area (Å²) >= 11 is 0. The molecule has 0 radical (unpaired) electrons. The topological polar surface area (TPSA) is 61.4 Å². The monoisotopic (exact) mass is 169 g/mol. The van der Waals surface area contributed by atoms with Crippen LogP contribution >= 0.6 is 0 Å². The molecule has 0 spiro atoms. The fourth-order valence-corrected chi connectivity index (χ4v) is 1.43. The van der Waals surface area contributed by atoms with Crippen LogP contribution in [0.4, 0.5) is 4.79 Å². The average Bonchev–Trinajstić information content (AvgIpc) is 2.13. The lowest BCUT2D eigenvalue weighted by Gasteiger charge is -2.33. The largest absolute Gasteiger partial charge is 0.326 e. The Hall–Kier alpha value is -1.10. The minimum absolute atomic E-state index is 0.0717. The van der Waals surface area contributed by atoms with Gasteiger partial charge in [-0.1, -0.05) is 0 Å². The lowest BCUT2D eigenvalue weighted by Crippen LogP contribution is -2.59. The Morgan fingerprint density at radius 1 is 1.42 bits per heavy atom. The van der Waals surface area contributed by atoms with Gasteiger partial charge in [-0.05, 0) is 6.92 Å². The molecule has 0 aromatic rings. The lowest BCUT2D eigenvalue weighted by molar-refractivity contribution is -0.129. The molecule has 2 aliphatic rings. The number of nitrogens with zero attached hydrogens (tertiary/aromatic N) is 1. The smallest absolute Gasteiger partial charge is 0.325 e. The predicted molar refractivity (Wildman–Crippen MR) is 41.5 cm³/mol. The first-order chi connectivity index (χ1) is 5.70. The van der Waals surface area contributed by atoms with Crippen molar-refractivity contribution in [2.75, 3.05) is 13.1 Å². The summed E-state index contributed by atoms with van der Waals surface area (Å²) in [7, 11) is 0. The third-order valence-corrected chi connectivity index (χ3v) is 2.29. The van der Waals surface area contributed by atoms with Crippen molar-refractivity contribution in [1.29, 1.82) is 0 Å². The molecule has 2 aliphatic heterocycles. The number of rotatable bonds is 1. The summed E-state index contributed by atoms with van der Waals surface area (Å²) in [5, 5.41) is 5.60. The highest BCUT2D eigenvalue weighted by Crippen LogP contribution is 2.12. The Morgan fingerprint density at radius 3 is 2.42 bits per heavy atom. The molecule has 0 bridgehead atoms. The van der Waals surface area contributed by atoms with Crippen LogP contribution < -0.4 is 10.6 Å². The summed E-state index contributed by atoms with van der Waals surface area (Å²) in [4.78, 5) is 23.9. The standard InChI is InChI=1S/C7H11N3O2/c1-4-6(11)10(7(12)9-4)5-2-8-3-5/h4-5,8H,2-3H2,1H3,(H,9,12)/t4-/m0/s1. The van der Waals surface area contributed by atoms with E-state index in [2.05, 4.69) is 10.6 Å². The molecule has 0 aliphatic carbocycles. The van der Waals surface area contributed by atoms with E-state index in [1.54, 1.807) is 6.92 Å². The summed E-state index contributed by atoms with van der Waals surface area (Å²) in [5.41, 5.74) is 0. The quantitative estimate of drug-likeness (QED) is 0.490. The van der Waals surface area contributed by atoms with Crippen LogP contribution in [0.1, 0.15) is 6.92 Å². The fraction of sp³-hybridized carbons (Fsp3) is 0.714. The third kappa shape index (κ3) is 0.896. The zero-order valence-electron chi connectivity index (χ0n) is 6.83. The van der Waals surface area contributed by atoms with E-state index in [9.17, 15) is 9.59 Å². The first-order valence-corrected chi connectivity index (χ1v) is 4.04. The Bertz CT molecular complexity index is 237. The summed E-state index contributed by atoms with van der Waals surface area (Å²) in [5.74, 6) is -0.105. The van der Waals surface area contributed by atoms with E-state index in [0.717, 1.165) is 13.1 Å². The molecule has 0 unspecified atom stereocenters. The van der Waals surface area contributed by atoms with E-state index in [0.29, 0.717) is 0 Å². The third-order valence-electron chi connectivity index (χ3n) is 2.29. The van der Waals surface area contributed by atoms with Gasteiger partial charge in [0.25, 0.3) is 5.91 Å². The lowest BCUT2D eigenvalue weighted by atomic mass is 10.1. The highest BCUT2D eigenvalue weighted by molar-refractivity contribution is 6.04. The second-order valence-corrected chi connectivity index (χ2v) is 3.19. The zero-order chi connectivity index (χ0) is 8.72. The number of hydrogen-bond acceptors (Lipinski definition) is 3. The SMILES string of the molecule is C[C@@H]1NC(=O)N(C2CNC2)C1=O. The first kappa shape index (κ1) is 7.54. The van der Waals surface area contributed by atoms with Crippen molar-refractivity contribution >= 4 is 11.9 Å². The van der Waals surface area contributed by atoms with Crippen LogP contribution in [0.3, 0.4) is 0 Å². The van der Waals surface area contributed by atoms with Crippen LogP contribution in [0.15, 0.2) is 0 Å². The molecule has 0 aromatic carbocycles. The van der Waals surface area contributed by atoms with E-state index in [1.165, 1.54) is 4.90 Å². The summed E-state index contributed by atoms with van der Waals surface area (Å²) in [6, 6.07) is -0.528. The maximum atomic E-state index is 11.4. The highest BCUT2D eigenvalue weighted by Gasteiger charge is 2.41. The van der Waals surface area contributed by atoms with Gasteiger partial charge in [0, 0.05) is 13.1 Å².